The van der Waals surface area contributed by atoms with Crippen LogP contribution in [-0.2, 0) is 11.2 Å². The minimum atomic E-state index is -0.927. The summed E-state index contributed by atoms with van der Waals surface area (Å²) in [6.45, 7) is 0.684. The molecule has 102 valence electrons. The van der Waals surface area contributed by atoms with Crippen LogP contribution < -0.4 is 5.32 Å². The average Bonchev–Trinajstić information content (AvgIpc) is 2.86. The average molecular weight is 264 g/mol. The van der Waals surface area contributed by atoms with Gasteiger partial charge in [0, 0.05) is 11.6 Å². The van der Waals surface area contributed by atoms with E-state index in [1.807, 2.05) is 0 Å². The largest absolute Gasteiger partial charge is 0.480 e. The Bertz CT molecular complexity index is 495. The van der Waals surface area contributed by atoms with Crippen LogP contribution in [0.5, 0.6) is 0 Å². The first kappa shape index (κ1) is 13.5. The smallest absolute Gasteiger partial charge is 0.323 e. The van der Waals surface area contributed by atoms with Crippen LogP contribution in [-0.4, -0.2) is 28.1 Å². The van der Waals surface area contributed by atoms with Crippen molar-refractivity contribution in [1.82, 2.24) is 5.32 Å². The molecule has 19 heavy (non-hydrogen) atoms. The molecule has 6 nitrogen and oxygen atoms in total. The van der Waals surface area contributed by atoms with Crippen molar-refractivity contribution >= 4 is 11.7 Å². The SMILES string of the molecule is O=C(O)C1(CCc2ccccc2[N+](=O)[O-])CCCN1. The molecule has 0 bridgehead atoms. The summed E-state index contributed by atoms with van der Waals surface area (Å²) in [5.41, 5.74) is -0.285. The van der Waals surface area contributed by atoms with Crippen molar-refractivity contribution in [3.8, 4) is 0 Å². The molecule has 1 fully saturated rings. The predicted molar refractivity (Wildman–Crippen MR) is 69.0 cm³/mol. The van der Waals surface area contributed by atoms with Gasteiger partial charge in [0.1, 0.15) is 5.54 Å². The molecule has 2 rings (SSSR count). The summed E-state index contributed by atoms with van der Waals surface area (Å²) in [6.07, 6.45) is 2.15. The molecule has 1 heterocycles. The van der Waals surface area contributed by atoms with Crippen molar-refractivity contribution in [3.05, 3.63) is 39.9 Å². The van der Waals surface area contributed by atoms with E-state index in [0.717, 1.165) is 6.42 Å². The van der Waals surface area contributed by atoms with E-state index in [-0.39, 0.29) is 5.69 Å². The maximum atomic E-state index is 11.4. The second-order valence-electron chi connectivity index (χ2n) is 4.80. The first-order valence-electron chi connectivity index (χ1n) is 6.26. The van der Waals surface area contributed by atoms with Crippen LogP contribution in [0.3, 0.4) is 0 Å². The number of hydrogen-bond acceptors (Lipinski definition) is 4. The van der Waals surface area contributed by atoms with Crippen molar-refractivity contribution in [2.24, 2.45) is 0 Å². The van der Waals surface area contributed by atoms with Gasteiger partial charge in [0.2, 0.25) is 0 Å². The van der Waals surface area contributed by atoms with Gasteiger partial charge in [-0.1, -0.05) is 18.2 Å². The van der Waals surface area contributed by atoms with Crippen molar-refractivity contribution in [2.45, 2.75) is 31.2 Å². The van der Waals surface area contributed by atoms with Crippen LogP contribution in [0, 0.1) is 10.1 Å². The normalized spacial score (nSPS) is 22.3. The maximum absolute atomic E-state index is 11.4. The molecule has 0 saturated carbocycles. The fourth-order valence-corrected chi connectivity index (χ4v) is 2.56. The molecule has 0 aromatic heterocycles. The number of para-hydroxylation sites is 1. The highest BCUT2D eigenvalue weighted by molar-refractivity contribution is 5.79. The molecular weight excluding hydrogens is 248 g/mol. The Balaban J connectivity index is 2.14. The van der Waals surface area contributed by atoms with E-state index in [2.05, 4.69) is 5.32 Å². The van der Waals surface area contributed by atoms with Crippen LogP contribution in [0.2, 0.25) is 0 Å². The lowest BCUT2D eigenvalue weighted by Crippen LogP contribution is -2.47. The topological polar surface area (TPSA) is 92.5 Å². The third-order valence-corrected chi connectivity index (χ3v) is 3.66. The van der Waals surface area contributed by atoms with E-state index < -0.39 is 16.4 Å². The zero-order chi connectivity index (χ0) is 13.9. The fraction of sp³-hybridized carbons (Fsp3) is 0.462. The number of aryl methyl sites for hydroxylation is 1. The van der Waals surface area contributed by atoms with Crippen molar-refractivity contribution in [1.29, 1.82) is 0 Å². The molecule has 2 N–H and O–H groups in total. The first-order valence-corrected chi connectivity index (χ1v) is 6.26. The second kappa shape index (κ2) is 5.36. The lowest BCUT2D eigenvalue weighted by molar-refractivity contribution is -0.385. The lowest BCUT2D eigenvalue weighted by Gasteiger charge is -2.24. The number of benzene rings is 1. The molecule has 0 aliphatic carbocycles. The quantitative estimate of drug-likeness (QED) is 0.624. The Morgan fingerprint density at radius 3 is 2.79 bits per heavy atom. The number of nitrogens with zero attached hydrogens (tertiary/aromatic N) is 1. The van der Waals surface area contributed by atoms with E-state index in [0.29, 0.717) is 31.4 Å². The summed E-state index contributed by atoms with van der Waals surface area (Å²) >= 11 is 0. The van der Waals surface area contributed by atoms with Crippen LogP contribution in [0.4, 0.5) is 5.69 Å². The summed E-state index contributed by atoms with van der Waals surface area (Å²) in [4.78, 5) is 21.8. The first-order chi connectivity index (χ1) is 9.05. The number of hydrogen-bond donors (Lipinski definition) is 2. The lowest BCUT2D eigenvalue weighted by atomic mass is 9.89. The van der Waals surface area contributed by atoms with E-state index in [1.165, 1.54) is 6.07 Å². The van der Waals surface area contributed by atoms with E-state index in [1.54, 1.807) is 18.2 Å². The van der Waals surface area contributed by atoms with Crippen molar-refractivity contribution < 1.29 is 14.8 Å². The van der Waals surface area contributed by atoms with Gasteiger partial charge in [0.05, 0.1) is 4.92 Å². The second-order valence-corrected chi connectivity index (χ2v) is 4.80. The van der Waals surface area contributed by atoms with Gasteiger partial charge in [0.25, 0.3) is 5.69 Å². The molecule has 1 aromatic carbocycles. The highest BCUT2D eigenvalue weighted by Gasteiger charge is 2.40. The van der Waals surface area contributed by atoms with Gasteiger partial charge in [-0.3, -0.25) is 14.9 Å². The zero-order valence-corrected chi connectivity index (χ0v) is 10.5. The van der Waals surface area contributed by atoms with Crippen molar-refractivity contribution in [2.75, 3.05) is 6.54 Å². The Kier molecular flexibility index (Phi) is 3.80. The van der Waals surface area contributed by atoms with Gasteiger partial charge in [0.15, 0.2) is 0 Å². The molecule has 1 aliphatic rings. The van der Waals surface area contributed by atoms with E-state index in [4.69, 9.17) is 0 Å². The number of nitro benzene ring substituents is 1. The van der Waals surface area contributed by atoms with Crippen LogP contribution in [0.25, 0.3) is 0 Å². The maximum Gasteiger partial charge on any atom is 0.323 e. The Hall–Kier alpha value is -1.95. The standard InChI is InChI=1S/C13H16N2O4/c16-12(17)13(7-3-9-14-13)8-6-10-4-1-2-5-11(10)15(18)19/h1-2,4-5,14H,3,6-9H2,(H,16,17). The minimum Gasteiger partial charge on any atom is -0.480 e. The summed E-state index contributed by atoms with van der Waals surface area (Å²) in [6, 6.07) is 6.48. The summed E-state index contributed by atoms with van der Waals surface area (Å²) in [5.74, 6) is -0.872. The molecule has 1 aromatic rings. The number of carboxylic acid groups (broad SMARTS) is 1. The molecule has 0 spiro atoms. The number of nitro groups is 1. The fourth-order valence-electron chi connectivity index (χ4n) is 2.56. The zero-order valence-electron chi connectivity index (χ0n) is 10.5. The molecule has 1 unspecified atom stereocenters. The molecule has 1 saturated heterocycles. The number of nitrogens with one attached hydrogen (secondary N) is 1. The molecule has 1 atom stereocenters. The van der Waals surface area contributed by atoms with Gasteiger partial charge >= 0.3 is 5.97 Å². The summed E-state index contributed by atoms with van der Waals surface area (Å²) < 4.78 is 0. The third kappa shape index (κ3) is 2.73. The van der Waals surface area contributed by atoms with Gasteiger partial charge in [-0.25, -0.2) is 0 Å². The molecule has 0 amide bonds. The van der Waals surface area contributed by atoms with Gasteiger partial charge in [-0.05, 0) is 32.2 Å². The minimum absolute atomic E-state index is 0.0565. The van der Waals surface area contributed by atoms with Crippen LogP contribution in [0.1, 0.15) is 24.8 Å². The summed E-state index contributed by atoms with van der Waals surface area (Å²) in [7, 11) is 0. The Labute approximate surface area is 110 Å². The van der Waals surface area contributed by atoms with Gasteiger partial charge in [-0.15, -0.1) is 0 Å². The number of carboxylic acids is 1. The molecular formula is C13H16N2O4. The summed E-state index contributed by atoms with van der Waals surface area (Å²) in [5, 5.41) is 23.2. The molecule has 6 heteroatoms. The highest BCUT2D eigenvalue weighted by Crippen LogP contribution is 2.28. The van der Waals surface area contributed by atoms with Gasteiger partial charge in [-0.2, -0.15) is 0 Å². The Morgan fingerprint density at radius 2 is 2.21 bits per heavy atom. The number of carbonyl (C=O) groups is 1. The van der Waals surface area contributed by atoms with Crippen LogP contribution >= 0.6 is 0 Å². The van der Waals surface area contributed by atoms with Crippen LogP contribution in [0.15, 0.2) is 24.3 Å². The monoisotopic (exact) mass is 264 g/mol. The highest BCUT2D eigenvalue weighted by atomic mass is 16.6. The third-order valence-electron chi connectivity index (χ3n) is 3.66. The Morgan fingerprint density at radius 1 is 1.47 bits per heavy atom. The molecule has 0 radical (unpaired) electrons. The predicted octanol–water partition coefficient (Wildman–Crippen LogP) is 1.73. The number of aliphatic carboxylic acids is 1. The molecule has 1 aliphatic heterocycles. The van der Waals surface area contributed by atoms with E-state index in [9.17, 15) is 20.0 Å². The van der Waals surface area contributed by atoms with Gasteiger partial charge < -0.3 is 10.4 Å². The van der Waals surface area contributed by atoms with E-state index >= 15 is 0 Å². The van der Waals surface area contributed by atoms with Crippen molar-refractivity contribution in [3.63, 3.8) is 0 Å². The number of rotatable bonds is 5.